The highest BCUT2D eigenvalue weighted by Gasteiger charge is 2.05. The Labute approximate surface area is 78.8 Å². The standard InChI is InChI=1S/C8H8O6/c9-4-5(3-7(11)12)1-2-6(10)8(13)14/h1-2,4,9H,3H2,(H,11,12)(H,13,14)/p-2. The molecule has 0 unspecified atom stereocenters. The normalized spacial score (nSPS) is 11.6. The molecule has 0 aliphatic rings. The predicted octanol–water partition coefficient (Wildman–Crippen LogP) is -2.42. The Morgan fingerprint density at radius 3 is 2.14 bits per heavy atom. The molecule has 0 aliphatic carbocycles. The first-order chi connectivity index (χ1) is 6.47. The van der Waals surface area contributed by atoms with Crippen LogP contribution in [0.15, 0.2) is 24.0 Å². The van der Waals surface area contributed by atoms with Crippen LogP contribution < -0.4 is 10.2 Å². The summed E-state index contributed by atoms with van der Waals surface area (Å²) in [6.07, 6.45) is 0.989. The average molecular weight is 198 g/mol. The molecule has 0 fully saturated rings. The third-order valence-electron chi connectivity index (χ3n) is 1.16. The molecule has 0 aromatic carbocycles. The van der Waals surface area contributed by atoms with Crippen molar-refractivity contribution in [2.45, 2.75) is 6.42 Å². The Morgan fingerprint density at radius 1 is 1.21 bits per heavy atom. The molecule has 6 heteroatoms. The number of carbonyl (C=O) groups is 3. The predicted molar refractivity (Wildman–Crippen MR) is 39.5 cm³/mol. The number of hydrogen-bond donors (Lipinski definition) is 1. The van der Waals surface area contributed by atoms with Gasteiger partial charge in [-0.15, -0.1) is 6.26 Å². The van der Waals surface area contributed by atoms with Crippen LogP contribution >= 0.6 is 0 Å². The zero-order chi connectivity index (χ0) is 11.1. The number of rotatable bonds is 5. The Kier molecular flexibility index (Phi) is 4.69. The SMILES string of the molecule is O=C([O-])CC(C=CC(=O)C(=O)O)=C[O-]. The lowest BCUT2D eigenvalue weighted by Gasteiger charge is -2.04. The van der Waals surface area contributed by atoms with Gasteiger partial charge in [-0.3, -0.25) is 4.79 Å². The fourth-order valence-electron chi connectivity index (χ4n) is 0.561. The van der Waals surface area contributed by atoms with E-state index in [1.54, 1.807) is 0 Å². The highest BCUT2D eigenvalue weighted by molar-refractivity contribution is 6.37. The van der Waals surface area contributed by atoms with Crippen molar-refractivity contribution in [1.29, 1.82) is 0 Å². The van der Waals surface area contributed by atoms with Crippen LogP contribution in [0.25, 0.3) is 0 Å². The van der Waals surface area contributed by atoms with Gasteiger partial charge in [-0.05, 0) is 6.08 Å². The molecule has 0 aromatic heterocycles. The molecule has 0 saturated carbocycles. The van der Waals surface area contributed by atoms with Crippen molar-refractivity contribution in [3.05, 3.63) is 24.0 Å². The highest BCUT2D eigenvalue weighted by atomic mass is 16.4. The molecule has 14 heavy (non-hydrogen) atoms. The monoisotopic (exact) mass is 198 g/mol. The summed E-state index contributed by atoms with van der Waals surface area (Å²) in [5, 5.41) is 28.3. The van der Waals surface area contributed by atoms with Crippen molar-refractivity contribution in [2.24, 2.45) is 0 Å². The van der Waals surface area contributed by atoms with E-state index < -0.39 is 24.1 Å². The third kappa shape index (κ3) is 4.70. The van der Waals surface area contributed by atoms with E-state index in [2.05, 4.69) is 0 Å². The average Bonchev–Trinajstić information content (AvgIpc) is 2.10. The molecule has 0 amide bonds. The number of allylic oxidation sites excluding steroid dienone is 1. The molecule has 0 rings (SSSR count). The molecule has 0 bridgehead atoms. The summed E-state index contributed by atoms with van der Waals surface area (Å²) in [5.41, 5.74) is -0.236. The molecule has 0 aliphatic heterocycles. The minimum atomic E-state index is -1.68. The molecular formula is C8H6O6-2. The van der Waals surface area contributed by atoms with E-state index in [1.165, 1.54) is 0 Å². The van der Waals surface area contributed by atoms with Crippen LogP contribution in [0.4, 0.5) is 0 Å². The molecule has 6 nitrogen and oxygen atoms in total. The van der Waals surface area contributed by atoms with Gasteiger partial charge in [0.05, 0.1) is 0 Å². The fraction of sp³-hybridized carbons (Fsp3) is 0.125. The Morgan fingerprint density at radius 2 is 1.79 bits per heavy atom. The van der Waals surface area contributed by atoms with Crippen LogP contribution in [0.5, 0.6) is 0 Å². The first-order valence-corrected chi connectivity index (χ1v) is 3.43. The second kappa shape index (κ2) is 5.52. The minimum Gasteiger partial charge on any atom is -0.878 e. The number of aliphatic carboxylic acids is 2. The van der Waals surface area contributed by atoms with Gasteiger partial charge < -0.3 is 20.1 Å². The van der Waals surface area contributed by atoms with Crippen LogP contribution in [0.2, 0.25) is 0 Å². The van der Waals surface area contributed by atoms with Gasteiger partial charge in [0.25, 0.3) is 5.78 Å². The van der Waals surface area contributed by atoms with E-state index in [4.69, 9.17) is 5.11 Å². The van der Waals surface area contributed by atoms with E-state index in [9.17, 15) is 24.6 Å². The number of carboxylic acid groups (broad SMARTS) is 2. The maximum atomic E-state index is 10.5. The van der Waals surface area contributed by atoms with Crippen molar-refractivity contribution < 1.29 is 29.7 Å². The first kappa shape index (κ1) is 11.9. The van der Waals surface area contributed by atoms with E-state index in [-0.39, 0.29) is 11.8 Å². The Balaban J connectivity index is 4.41. The lowest BCUT2D eigenvalue weighted by molar-refractivity contribution is -0.305. The molecule has 0 aromatic rings. The molecule has 1 N–H and O–H groups in total. The highest BCUT2D eigenvalue weighted by Crippen LogP contribution is 2.00. The van der Waals surface area contributed by atoms with Crippen LogP contribution in [0.3, 0.4) is 0 Å². The van der Waals surface area contributed by atoms with E-state index >= 15 is 0 Å². The molecule has 0 saturated heterocycles. The van der Waals surface area contributed by atoms with Crippen molar-refractivity contribution in [2.75, 3.05) is 0 Å². The summed E-state index contributed by atoms with van der Waals surface area (Å²) in [6, 6.07) is 0. The maximum Gasteiger partial charge on any atom is 0.376 e. The zero-order valence-corrected chi connectivity index (χ0v) is 6.93. The Bertz CT molecular complexity index is 312. The smallest absolute Gasteiger partial charge is 0.376 e. The van der Waals surface area contributed by atoms with Crippen LogP contribution in [0, 0.1) is 0 Å². The second-order valence-electron chi connectivity index (χ2n) is 2.24. The second-order valence-corrected chi connectivity index (χ2v) is 2.24. The molecule has 0 spiro atoms. The van der Waals surface area contributed by atoms with Gasteiger partial charge in [0.1, 0.15) is 0 Å². The summed E-state index contributed by atoms with van der Waals surface area (Å²) in [5.74, 6) is -4.40. The van der Waals surface area contributed by atoms with E-state index in [0.29, 0.717) is 6.08 Å². The van der Waals surface area contributed by atoms with Crippen LogP contribution in [0.1, 0.15) is 6.42 Å². The molecule has 0 heterocycles. The van der Waals surface area contributed by atoms with E-state index in [0.717, 1.165) is 6.08 Å². The number of carbonyl (C=O) groups excluding carboxylic acids is 2. The quantitative estimate of drug-likeness (QED) is 0.227. The van der Waals surface area contributed by atoms with Crippen LogP contribution in [-0.4, -0.2) is 22.8 Å². The van der Waals surface area contributed by atoms with Gasteiger partial charge in [0.2, 0.25) is 0 Å². The van der Waals surface area contributed by atoms with Gasteiger partial charge in [-0.2, -0.15) is 0 Å². The lowest BCUT2D eigenvalue weighted by atomic mass is 10.2. The summed E-state index contributed by atoms with van der Waals surface area (Å²) in [6.45, 7) is 0. The van der Waals surface area contributed by atoms with Gasteiger partial charge in [0, 0.05) is 12.4 Å². The van der Waals surface area contributed by atoms with Crippen molar-refractivity contribution >= 4 is 17.7 Å². The summed E-state index contributed by atoms with van der Waals surface area (Å²) in [4.78, 5) is 30.5. The topological polar surface area (TPSA) is 118 Å². The minimum absolute atomic E-state index is 0.210. The largest absolute Gasteiger partial charge is 0.878 e. The van der Waals surface area contributed by atoms with Crippen LogP contribution in [-0.2, 0) is 14.4 Å². The van der Waals surface area contributed by atoms with E-state index in [1.807, 2.05) is 0 Å². The molecule has 76 valence electrons. The number of ketones is 1. The summed E-state index contributed by atoms with van der Waals surface area (Å²) < 4.78 is 0. The molecule has 0 atom stereocenters. The fourth-order valence-corrected chi connectivity index (χ4v) is 0.561. The van der Waals surface area contributed by atoms with Gasteiger partial charge >= 0.3 is 5.97 Å². The third-order valence-corrected chi connectivity index (χ3v) is 1.16. The van der Waals surface area contributed by atoms with Gasteiger partial charge in [0.15, 0.2) is 0 Å². The zero-order valence-electron chi connectivity index (χ0n) is 6.93. The van der Waals surface area contributed by atoms with Crippen molar-refractivity contribution in [3.63, 3.8) is 0 Å². The number of carboxylic acids is 2. The first-order valence-electron chi connectivity index (χ1n) is 3.43. The van der Waals surface area contributed by atoms with Crippen molar-refractivity contribution in [3.8, 4) is 0 Å². The molecule has 0 radical (unpaired) electrons. The Hall–Kier alpha value is -2.11. The van der Waals surface area contributed by atoms with Gasteiger partial charge in [-0.25, -0.2) is 4.79 Å². The van der Waals surface area contributed by atoms with Crippen molar-refractivity contribution in [1.82, 2.24) is 0 Å². The maximum absolute atomic E-state index is 10.5. The van der Waals surface area contributed by atoms with Gasteiger partial charge in [-0.1, -0.05) is 11.6 Å². The summed E-state index contributed by atoms with van der Waals surface area (Å²) in [7, 11) is 0. The molecular weight excluding hydrogens is 192 g/mol. The summed E-state index contributed by atoms with van der Waals surface area (Å²) >= 11 is 0. The lowest BCUT2D eigenvalue weighted by Crippen LogP contribution is -2.22. The number of hydrogen-bond acceptors (Lipinski definition) is 5.